The van der Waals surface area contributed by atoms with Gasteiger partial charge in [-0.3, -0.25) is 14.9 Å². The van der Waals surface area contributed by atoms with Crippen molar-refractivity contribution in [3.05, 3.63) is 35.9 Å². The van der Waals surface area contributed by atoms with E-state index in [2.05, 4.69) is 24.4 Å². The van der Waals surface area contributed by atoms with Crippen molar-refractivity contribution >= 4 is 11.8 Å². The Bertz CT molecular complexity index is 582. The molecule has 136 valence electrons. The van der Waals surface area contributed by atoms with Crippen LogP contribution < -0.4 is 5.32 Å². The molecule has 25 heavy (non-hydrogen) atoms. The van der Waals surface area contributed by atoms with Crippen LogP contribution in [0.4, 0.5) is 0 Å². The lowest BCUT2D eigenvalue weighted by Gasteiger charge is -2.31. The first-order valence-electron chi connectivity index (χ1n) is 9.47. The van der Waals surface area contributed by atoms with Gasteiger partial charge in [-0.05, 0) is 30.7 Å². The second kappa shape index (κ2) is 8.48. The number of nitrogens with one attached hydrogen (secondary N) is 1. The van der Waals surface area contributed by atoms with E-state index in [0.717, 1.165) is 50.4 Å². The number of benzene rings is 1. The molecular formula is C20H29N3O2. The molecule has 0 bridgehead atoms. The predicted octanol–water partition coefficient (Wildman–Crippen LogP) is 2.20. The first-order valence-corrected chi connectivity index (χ1v) is 9.47. The molecule has 1 aromatic rings. The quantitative estimate of drug-likeness (QED) is 0.861. The van der Waals surface area contributed by atoms with E-state index >= 15 is 0 Å². The fourth-order valence-electron chi connectivity index (χ4n) is 3.67. The van der Waals surface area contributed by atoms with Crippen molar-refractivity contribution in [3.63, 3.8) is 0 Å². The molecule has 5 nitrogen and oxygen atoms in total. The molecule has 0 radical (unpaired) electrons. The first kappa shape index (κ1) is 17.9. The van der Waals surface area contributed by atoms with Gasteiger partial charge in [0, 0.05) is 32.6 Å². The highest BCUT2D eigenvalue weighted by Crippen LogP contribution is 2.19. The van der Waals surface area contributed by atoms with E-state index in [1.165, 1.54) is 0 Å². The number of nitrogens with zero attached hydrogens (tertiary/aromatic N) is 2. The summed E-state index contributed by atoms with van der Waals surface area (Å²) in [4.78, 5) is 28.4. The van der Waals surface area contributed by atoms with Gasteiger partial charge in [-0.25, -0.2) is 0 Å². The van der Waals surface area contributed by atoms with Crippen LogP contribution in [-0.2, 0) is 9.59 Å². The van der Waals surface area contributed by atoms with Gasteiger partial charge >= 0.3 is 0 Å². The van der Waals surface area contributed by atoms with E-state index in [4.69, 9.17) is 0 Å². The van der Waals surface area contributed by atoms with Crippen LogP contribution in [0.5, 0.6) is 0 Å². The second-order valence-corrected chi connectivity index (χ2v) is 7.35. The van der Waals surface area contributed by atoms with Crippen LogP contribution in [0.15, 0.2) is 30.3 Å². The molecule has 1 unspecified atom stereocenters. The maximum absolute atomic E-state index is 12.5. The van der Waals surface area contributed by atoms with Gasteiger partial charge in [0.15, 0.2) is 0 Å². The van der Waals surface area contributed by atoms with Crippen molar-refractivity contribution in [1.82, 2.24) is 15.1 Å². The molecule has 1 N–H and O–H groups in total. The maximum Gasteiger partial charge on any atom is 0.236 e. The highest BCUT2D eigenvalue weighted by atomic mass is 16.2. The van der Waals surface area contributed by atoms with Crippen LogP contribution in [0.25, 0.3) is 0 Å². The van der Waals surface area contributed by atoms with E-state index < -0.39 is 0 Å². The van der Waals surface area contributed by atoms with Crippen molar-refractivity contribution in [2.24, 2.45) is 5.92 Å². The van der Waals surface area contributed by atoms with Crippen molar-refractivity contribution in [1.29, 1.82) is 0 Å². The van der Waals surface area contributed by atoms with E-state index in [1.54, 1.807) is 0 Å². The van der Waals surface area contributed by atoms with Gasteiger partial charge in [0.05, 0.1) is 12.6 Å². The largest absolute Gasteiger partial charge is 0.342 e. The molecule has 1 atom stereocenters. The van der Waals surface area contributed by atoms with Crippen LogP contribution in [0.1, 0.15) is 44.2 Å². The molecular weight excluding hydrogens is 314 g/mol. The smallest absolute Gasteiger partial charge is 0.236 e. The van der Waals surface area contributed by atoms with Gasteiger partial charge in [0.2, 0.25) is 11.8 Å². The minimum Gasteiger partial charge on any atom is -0.342 e. The zero-order chi connectivity index (χ0) is 17.6. The zero-order valence-electron chi connectivity index (χ0n) is 15.1. The van der Waals surface area contributed by atoms with Gasteiger partial charge in [-0.1, -0.05) is 37.3 Å². The van der Waals surface area contributed by atoms with Crippen LogP contribution >= 0.6 is 0 Å². The molecule has 1 aromatic carbocycles. The van der Waals surface area contributed by atoms with Crippen molar-refractivity contribution in [2.45, 2.75) is 38.6 Å². The summed E-state index contributed by atoms with van der Waals surface area (Å²) in [5.74, 6) is 1.11. The first-order chi connectivity index (χ1) is 12.1. The Morgan fingerprint density at radius 2 is 1.92 bits per heavy atom. The zero-order valence-corrected chi connectivity index (χ0v) is 15.1. The van der Waals surface area contributed by atoms with E-state index in [1.807, 2.05) is 28.0 Å². The number of hydrogen-bond donors (Lipinski definition) is 1. The summed E-state index contributed by atoms with van der Waals surface area (Å²) >= 11 is 0. The van der Waals surface area contributed by atoms with Gasteiger partial charge in [0.25, 0.3) is 0 Å². The Balaban J connectivity index is 1.59. The summed E-state index contributed by atoms with van der Waals surface area (Å²) in [6.07, 6.45) is 3.77. The van der Waals surface area contributed by atoms with Gasteiger partial charge in [-0.2, -0.15) is 0 Å². The summed E-state index contributed by atoms with van der Waals surface area (Å²) in [6.45, 7) is 5.76. The molecule has 5 heteroatoms. The minimum atomic E-state index is -0.00378. The molecule has 2 aliphatic rings. The summed E-state index contributed by atoms with van der Waals surface area (Å²) in [6, 6.07) is 10.1. The molecule has 0 saturated carbocycles. The highest BCUT2D eigenvalue weighted by Gasteiger charge is 2.25. The van der Waals surface area contributed by atoms with Crippen LogP contribution in [0, 0.1) is 5.92 Å². The number of carbonyl (C=O) groups excluding carboxylic acids is 2. The van der Waals surface area contributed by atoms with Gasteiger partial charge in [0.1, 0.15) is 0 Å². The monoisotopic (exact) mass is 343 g/mol. The fourth-order valence-corrected chi connectivity index (χ4v) is 3.67. The summed E-state index contributed by atoms with van der Waals surface area (Å²) in [5.41, 5.74) is 1.13. The standard InChI is InChI=1S/C20H29N3O2/c1-16-9-12-22(13-10-16)20(25)14-21-18(17-6-3-2-4-7-17)15-23-11-5-8-19(23)24/h2-4,6-7,16,18,21H,5,8-15H2,1H3. The fraction of sp³-hybridized carbons (Fsp3) is 0.600. The molecule has 2 saturated heterocycles. The normalized spacial score (nSPS) is 20.1. The Labute approximate surface area is 150 Å². The molecule has 2 heterocycles. The molecule has 0 aliphatic carbocycles. The van der Waals surface area contributed by atoms with E-state index in [9.17, 15) is 9.59 Å². The Kier molecular flexibility index (Phi) is 6.08. The van der Waals surface area contributed by atoms with E-state index in [0.29, 0.717) is 19.5 Å². The Morgan fingerprint density at radius 1 is 1.20 bits per heavy atom. The Hall–Kier alpha value is -1.88. The van der Waals surface area contributed by atoms with Crippen molar-refractivity contribution in [3.8, 4) is 0 Å². The van der Waals surface area contributed by atoms with Crippen molar-refractivity contribution in [2.75, 3.05) is 32.7 Å². The molecule has 0 spiro atoms. The summed E-state index contributed by atoms with van der Waals surface area (Å²) < 4.78 is 0. The predicted molar refractivity (Wildman–Crippen MR) is 98.0 cm³/mol. The molecule has 0 aromatic heterocycles. The third kappa shape index (κ3) is 4.82. The average Bonchev–Trinajstić information content (AvgIpc) is 3.04. The number of rotatable bonds is 6. The molecule has 2 amide bonds. The summed E-state index contributed by atoms with van der Waals surface area (Å²) in [7, 11) is 0. The number of amides is 2. The molecule has 2 aliphatic heterocycles. The topological polar surface area (TPSA) is 52.7 Å². The number of piperidine rings is 1. The SMILES string of the molecule is CC1CCN(C(=O)CNC(CN2CCCC2=O)c2ccccc2)CC1. The Morgan fingerprint density at radius 3 is 2.56 bits per heavy atom. The number of carbonyl (C=O) groups is 2. The lowest BCUT2D eigenvalue weighted by molar-refractivity contribution is -0.131. The number of likely N-dealkylation sites (tertiary alicyclic amines) is 2. The lowest BCUT2D eigenvalue weighted by atomic mass is 9.99. The second-order valence-electron chi connectivity index (χ2n) is 7.35. The van der Waals surface area contributed by atoms with Crippen LogP contribution in [-0.4, -0.2) is 54.3 Å². The summed E-state index contributed by atoms with van der Waals surface area (Å²) in [5, 5.41) is 3.41. The van der Waals surface area contributed by atoms with Gasteiger partial charge < -0.3 is 9.80 Å². The highest BCUT2D eigenvalue weighted by molar-refractivity contribution is 5.79. The maximum atomic E-state index is 12.5. The minimum absolute atomic E-state index is 0.00378. The molecule has 3 rings (SSSR count). The van der Waals surface area contributed by atoms with Crippen LogP contribution in [0.3, 0.4) is 0 Å². The average molecular weight is 343 g/mol. The van der Waals surface area contributed by atoms with Crippen molar-refractivity contribution < 1.29 is 9.59 Å². The lowest BCUT2D eigenvalue weighted by Crippen LogP contribution is -2.45. The number of hydrogen-bond acceptors (Lipinski definition) is 3. The third-order valence-corrected chi connectivity index (χ3v) is 5.41. The third-order valence-electron chi connectivity index (χ3n) is 5.41. The van der Waals surface area contributed by atoms with E-state index in [-0.39, 0.29) is 17.9 Å². The van der Waals surface area contributed by atoms with Gasteiger partial charge in [-0.15, -0.1) is 0 Å². The van der Waals surface area contributed by atoms with Crippen LogP contribution in [0.2, 0.25) is 0 Å². The molecule has 2 fully saturated rings.